The SMILES string of the molecule is FCCCOc1cc(C#CCCl)ccc1F. The third-order valence-electron chi connectivity index (χ3n) is 1.77. The van der Waals surface area contributed by atoms with Gasteiger partial charge < -0.3 is 4.74 Å². The number of hydrogen-bond donors (Lipinski definition) is 0. The Bertz CT molecular complexity index is 396. The van der Waals surface area contributed by atoms with Crippen molar-refractivity contribution in [3.05, 3.63) is 29.6 Å². The molecule has 0 unspecified atom stereocenters. The van der Waals surface area contributed by atoms with E-state index >= 15 is 0 Å². The van der Waals surface area contributed by atoms with Crippen LogP contribution >= 0.6 is 11.6 Å². The van der Waals surface area contributed by atoms with Gasteiger partial charge in [-0.25, -0.2) is 4.39 Å². The number of benzene rings is 1. The van der Waals surface area contributed by atoms with Gasteiger partial charge in [-0.2, -0.15) is 0 Å². The topological polar surface area (TPSA) is 9.23 Å². The van der Waals surface area contributed by atoms with Crippen LogP contribution in [0.25, 0.3) is 0 Å². The van der Waals surface area contributed by atoms with E-state index in [0.717, 1.165) is 0 Å². The smallest absolute Gasteiger partial charge is 0.165 e. The molecule has 0 heterocycles. The van der Waals surface area contributed by atoms with Crippen LogP contribution in [-0.4, -0.2) is 19.2 Å². The summed E-state index contributed by atoms with van der Waals surface area (Å²) >= 11 is 5.40. The Morgan fingerprint density at radius 1 is 1.38 bits per heavy atom. The lowest BCUT2D eigenvalue weighted by Crippen LogP contribution is -2.00. The van der Waals surface area contributed by atoms with Crippen molar-refractivity contribution < 1.29 is 13.5 Å². The van der Waals surface area contributed by atoms with Crippen LogP contribution in [0.15, 0.2) is 18.2 Å². The molecule has 0 atom stereocenters. The number of halogens is 3. The van der Waals surface area contributed by atoms with Gasteiger partial charge in [0.2, 0.25) is 0 Å². The molecule has 0 N–H and O–H groups in total. The van der Waals surface area contributed by atoms with Crippen molar-refractivity contribution in [3.63, 3.8) is 0 Å². The molecule has 4 heteroatoms. The average Bonchev–Trinajstić information content (AvgIpc) is 2.30. The van der Waals surface area contributed by atoms with Crippen molar-refractivity contribution in [3.8, 4) is 17.6 Å². The highest BCUT2D eigenvalue weighted by Crippen LogP contribution is 2.18. The lowest BCUT2D eigenvalue weighted by atomic mass is 10.2. The van der Waals surface area contributed by atoms with Gasteiger partial charge in [0.25, 0.3) is 0 Å². The quantitative estimate of drug-likeness (QED) is 0.449. The van der Waals surface area contributed by atoms with Gasteiger partial charge >= 0.3 is 0 Å². The van der Waals surface area contributed by atoms with Gasteiger partial charge in [0.05, 0.1) is 19.2 Å². The van der Waals surface area contributed by atoms with E-state index < -0.39 is 12.5 Å². The van der Waals surface area contributed by atoms with Crippen LogP contribution < -0.4 is 4.74 Å². The molecule has 1 rings (SSSR count). The average molecular weight is 245 g/mol. The molecule has 16 heavy (non-hydrogen) atoms. The highest BCUT2D eigenvalue weighted by molar-refractivity contribution is 6.19. The van der Waals surface area contributed by atoms with E-state index in [-0.39, 0.29) is 24.7 Å². The first-order valence-corrected chi connectivity index (χ1v) is 5.34. The summed E-state index contributed by atoms with van der Waals surface area (Å²) in [4.78, 5) is 0. The number of ether oxygens (including phenoxy) is 1. The second-order valence-electron chi connectivity index (χ2n) is 2.97. The van der Waals surface area contributed by atoms with Crippen LogP contribution in [0.5, 0.6) is 5.75 Å². The zero-order valence-electron chi connectivity index (χ0n) is 8.60. The van der Waals surface area contributed by atoms with Gasteiger partial charge in [-0.3, -0.25) is 4.39 Å². The molecule has 0 aliphatic carbocycles. The van der Waals surface area contributed by atoms with Gasteiger partial charge in [0.1, 0.15) is 0 Å². The zero-order valence-corrected chi connectivity index (χ0v) is 9.36. The predicted molar refractivity (Wildman–Crippen MR) is 60.1 cm³/mol. The highest BCUT2D eigenvalue weighted by Gasteiger charge is 2.03. The summed E-state index contributed by atoms with van der Waals surface area (Å²) in [6.07, 6.45) is 0.247. The van der Waals surface area contributed by atoms with Crippen molar-refractivity contribution in [2.24, 2.45) is 0 Å². The Labute approximate surface area is 98.4 Å². The van der Waals surface area contributed by atoms with E-state index in [9.17, 15) is 8.78 Å². The molecule has 0 saturated carbocycles. The Hall–Kier alpha value is -1.27. The van der Waals surface area contributed by atoms with Crippen molar-refractivity contribution in [1.29, 1.82) is 0 Å². The molecule has 0 amide bonds. The fourth-order valence-corrected chi connectivity index (χ4v) is 1.13. The van der Waals surface area contributed by atoms with Gasteiger partial charge in [-0.05, 0) is 18.2 Å². The lowest BCUT2D eigenvalue weighted by Gasteiger charge is -2.06. The summed E-state index contributed by atoms with van der Waals surface area (Å²) < 4.78 is 30.1. The molecule has 1 aromatic carbocycles. The van der Waals surface area contributed by atoms with Gasteiger partial charge in [-0.1, -0.05) is 11.8 Å². The minimum atomic E-state index is -0.479. The molecule has 1 aromatic rings. The fourth-order valence-electron chi connectivity index (χ4n) is 1.06. The van der Waals surface area contributed by atoms with Crippen LogP contribution in [0, 0.1) is 17.7 Å². The summed E-state index contributed by atoms with van der Waals surface area (Å²) in [7, 11) is 0. The zero-order chi connectivity index (χ0) is 11.8. The van der Waals surface area contributed by atoms with E-state index in [2.05, 4.69) is 11.8 Å². The van der Waals surface area contributed by atoms with E-state index in [0.29, 0.717) is 5.56 Å². The maximum absolute atomic E-state index is 13.2. The minimum Gasteiger partial charge on any atom is -0.490 e. The fraction of sp³-hybridized carbons (Fsp3) is 0.333. The van der Waals surface area contributed by atoms with Gasteiger partial charge in [-0.15, -0.1) is 11.6 Å². The molecule has 0 spiro atoms. The maximum atomic E-state index is 13.2. The van der Waals surface area contributed by atoms with Crippen LogP contribution in [0.4, 0.5) is 8.78 Å². The van der Waals surface area contributed by atoms with Gasteiger partial charge in [0.15, 0.2) is 11.6 Å². The Morgan fingerprint density at radius 2 is 2.19 bits per heavy atom. The monoisotopic (exact) mass is 244 g/mol. The first-order valence-electron chi connectivity index (χ1n) is 4.81. The molecule has 0 fully saturated rings. The van der Waals surface area contributed by atoms with Crippen LogP contribution in [0.3, 0.4) is 0 Å². The molecule has 0 aliphatic rings. The molecule has 0 aromatic heterocycles. The number of rotatable bonds is 4. The second kappa shape index (κ2) is 7.08. The Balaban J connectivity index is 2.74. The summed E-state index contributed by atoms with van der Waals surface area (Å²) in [5, 5.41) is 0. The molecule has 86 valence electrons. The molecular formula is C12H11ClF2O. The van der Waals surface area contributed by atoms with Crippen molar-refractivity contribution in [1.82, 2.24) is 0 Å². The normalized spacial score (nSPS) is 9.44. The first-order chi connectivity index (χ1) is 7.77. The third-order valence-corrected chi connectivity index (χ3v) is 1.90. The van der Waals surface area contributed by atoms with Crippen molar-refractivity contribution >= 4 is 11.6 Å². The third kappa shape index (κ3) is 4.08. The summed E-state index contributed by atoms with van der Waals surface area (Å²) in [5.41, 5.74) is 0.622. The molecule has 0 saturated heterocycles. The second-order valence-corrected chi connectivity index (χ2v) is 3.24. The van der Waals surface area contributed by atoms with E-state index in [1.54, 1.807) is 0 Å². The molecule has 0 radical (unpaired) electrons. The molecular weight excluding hydrogens is 234 g/mol. The van der Waals surface area contributed by atoms with E-state index in [4.69, 9.17) is 16.3 Å². The van der Waals surface area contributed by atoms with E-state index in [1.165, 1.54) is 18.2 Å². The van der Waals surface area contributed by atoms with Gasteiger partial charge in [0, 0.05) is 12.0 Å². The number of hydrogen-bond acceptors (Lipinski definition) is 1. The Morgan fingerprint density at radius 3 is 2.88 bits per heavy atom. The molecule has 0 bridgehead atoms. The summed E-state index contributed by atoms with van der Waals surface area (Å²) in [6, 6.07) is 4.28. The summed E-state index contributed by atoms with van der Waals surface area (Å²) in [5.74, 6) is 5.24. The first kappa shape index (κ1) is 12.8. The summed E-state index contributed by atoms with van der Waals surface area (Å²) in [6.45, 7) is -0.326. The predicted octanol–water partition coefficient (Wildman–Crippen LogP) is 3.15. The van der Waals surface area contributed by atoms with E-state index in [1.807, 2.05) is 0 Å². The Kier molecular flexibility index (Phi) is 5.66. The number of alkyl halides is 2. The molecule has 0 aliphatic heterocycles. The van der Waals surface area contributed by atoms with Crippen LogP contribution in [0.1, 0.15) is 12.0 Å². The minimum absolute atomic E-state index is 0.0924. The largest absolute Gasteiger partial charge is 0.490 e. The molecule has 1 nitrogen and oxygen atoms in total. The van der Waals surface area contributed by atoms with Crippen LogP contribution in [0.2, 0.25) is 0 Å². The highest BCUT2D eigenvalue weighted by atomic mass is 35.5. The maximum Gasteiger partial charge on any atom is 0.165 e. The van der Waals surface area contributed by atoms with Crippen molar-refractivity contribution in [2.45, 2.75) is 6.42 Å². The standard InChI is InChI=1S/C12H11ClF2O/c13-6-1-3-10-4-5-11(15)12(9-10)16-8-2-7-14/h4-5,9H,2,6-8H2. The van der Waals surface area contributed by atoms with Crippen LogP contribution in [-0.2, 0) is 0 Å². The van der Waals surface area contributed by atoms with Crippen molar-refractivity contribution in [2.75, 3.05) is 19.2 Å². The lowest BCUT2D eigenvalue weighted by molar-refractivity contribution is 0.277.